The highest BCUT2D eigenvalue weighted by atomic mass is 16.4. The summed E-state index contributed by atoms with van der Waals surface area (Å²) in [4.78, 5) is 26.1. The van der Waals surface area contributed by atoms with E-state index in [1.807, 2.05) is 13.8 Å². The summed E-state index contributed by atoms with van der Waals surface area (Å²) < 4.78 is 0. The second-order valence-electron chi connectivity index (χ2n) is 4.81. The number of pyridine rings is 1. The molecule has 1 amide bonds. The topological polar surface area (TPSA) is 105 Å². The number of carbonyl (C=O) groups excluding carboxylic acids is 1. The van der Waals surface area contributed by atoms with Crippen molar-refractivity contribution in [3.05, 3.63) is 29.6 Å². The van der Waals surface area contributed by atoms with E-state index in [9.17, 15) is 9.59 Å². The monoisotopic (exact) mass is 265 g/mol. The van der Waals surface area contributed by atoms with Crippen LogP contribution in [0, 0.1) is 5.92 Å². The molecule has 6 heteroatoms. The Hall–Kier alpha value is -1.95. The van der Waals surface area contributed by atoms with Crippen LogP contribution >= 0.6 is 0 Å². The normalized spacial score (nSPS) is 12.2. The number of hydrogen-bond donors (Lipinski definition) is 3. The van der Waals surface area contributed by atoms with Crippen molar-refractivity contribution in [1.29, 1.82) is 0 Å². The van der Waals surface area contributed by atoms with Crippen molar-refractivity contribution in [2.24, 2.45) is 11.7 Å². The lowest BCUT2D eigenvalue weighted by molar-refractivity contribution is -0.122. The number of carboxylic acid groups (broad SMARTS) is 1. The lowest BCUT2D eigenvalue weighted by atomic mass is 10.0. The number of aromatic nitrogens is 1. The number of rotatable bonds is 6. The van der Waals surface area contributed by atoms with E-state index in [1.54, 1.807) is 6.07 Å². The van der Waals surface area contributed by atoms with Gasteiger partial charge in [-0.2, -0.15) is 0 Å². The minimum Gasteiger partial charge on any atom is -0.477 e. The van der Waals surface area contributed by atoms with E-state index in [-0.39, 0.29) is 18.1 Å². The van der Waals surface area contributed by atoms with Gasteiger partial charge in [-0.25, -0.2) is 9.78 Å². The van der Waals surface area contributed by atoms with Crippen molar-refractivity contribution in [3.63, 3.8) is 0 Å². The number of nitrogens with zero attached hydrogens (tertiary/aromatic N) is 1. The Morgan fingerprint density at radius 2 is 2.11 bits per heavy atom. The summed E-state index contributed by atoms with van der Waals surface area (Å²) in [6.45, 7) is 4.29. The molecule has 0 aliphatic heterocycles. The summed E-state index contributed by atoms with van der Waals surface area (Å²) in [5, 5.41) is 11.4. The Kier molecular flexibility index (Phi) is 5.44. The number of hydrogen-bond acceptors (Lipinski definition) is 4. The van der Waals surface area contributed by atoms with Crippen LogP contribution in [0.5, 0.6) is 0 Å². The fourth-order valence-electron chi connectivity index (χ4n) is 1.59. The fourth-order valence-corrected chi connectivity index (χ4v) is 1.59. The fraction of sp³-hybridized carbons (Fsp3) is 0.462. The third kappa shape index (κ3) is 5.05. The highest BCUT2D eigenvalue weighted by molar-refractivity contribution is 5.85. The van der Waals surface area contributed by atoms with E-state index in [2.05, 4.69) is 10.3 Å². The van der Waals surface area contributed by atoms with Crippen molar-refractivity contribution < 1.29 is 14.7 Å². The molecule has 104 valence electrons. The van der Waals surface area contributed by atoms with Crippen LogP contribution in [0.25, 0.3) is 0 Å². The first-order chi connectivity index (χ1) is 8.90. The second-order valence-corrected chi connectivity index (χ2v) is 4.81. The third-order valence-corrected chi connectivity index (χ3v) is 2.57. The van der Waals surface area contributed by atoms with Gasteiger partial charge in [-0.1, -0.05) is 19.9 Å². The number of aromatic carboxylic acids is 1. The van der Waals surface area contributed by atoms with E-state index >= 15 is 0 Å². The van der Waals surface area contributed by atoms with Gasteiger partial charge >= 0.3 is 5.97 Å². The summed E-state index contributed by atoms with van der Waals surface area (Å²) in [5.74, 6) is -0.928. The summed E-state index contributed by atoms with van der Waals surface area (Å²) in [6.07, 6.45) is 2.06. The molecule has 0 unspecified atom stereocenters. The Morgan fingerprint density at radius 3 is 2.58 bits per heavy atom. The quantitative estimate of drug-likeness (QED) is 0.704. The molecule has 1 aromatic rings. The SMILES string of the molecule is CC(C)C[C@@H](N)C(=O)NCc1ccc(C(=O)O)nc1. The predicted octanol–water partition coefficient (Wildman–Crippen LogP) is 0.769. The maximum absolute atomic E-state index is 11.7. The largest absolute Gasteiger partial charge is 0.477 e. The van der Waals surface area contributed by atoms with Gasteiger partial charge in [0.15, 0.2) is 0 Å². The molecule has 0 fully saturated rings. The molecule has 0 radical (unpaired) electrons. The molecule has 0 spiro atoms. The summed E-state index contributed by atoms with van der Waals surface area (Å²) in [6, 6.07) is 2.49. The van der Waals surface area contributed by atoms with Crippen LogP contribution in [0.3, 0.4) is 0 Å². The molecular formula is C13H19N3O3. The van der Waals surface area contributed by atoms with E-state index in [0.29, 0.717) is 12.3 Å². The molecule has 1 aromatic heterocycles. The van der Waals surface area contributed by atoms with Crippen LogP contribution in [-0.2, 0) is 11.3 Å². The first-order valence-electron chi connectivity index (χ1n) is 6.11. The average molecular weight is 265 g/mol. The Morgan fingerprint density at radius 1 is 1.42 bits per heavy atom. The molecule has 19 heavy (non-hydrogen) atoms. The molecule has 1 atom stereocenters. The molecule has 0 aromatic carbocycles. The van der Waals surface area contributed by atoms with Gasteiger partial charge in [0.1, 0.15) is 5.69 Å². The lowest BCUT2D eigenvalue weighted by Gasteiger charge is -2.14. The highest BCUT2D eigenvalue weighted by Crippen LogP contribution is 2.04. The maximum atomic E-state index is 11.7. The van der Waals surface area contributed by atoms with Crippen molar-refractivity contribution in [1.82, 2.24) is 10.3 Å². The molecular weight excluding hydrogens is 246 g/mol. The second kappa shape index (κ2) is 6.84. The Bertz CT molecular complexity index is 443. The zero-order chi connectivity index (χ0) is 14.4. The minimum atomic E-state index is -1.07. The predicted molar refractivity (Wildman–Crippen MR) is 70.5 cm³/mol. The number of nitrogens with one attached hydrogen (secondary N) is 1. The zero-order valence-corrected chi connectivity index (χ0v) is 11.1. The minimum absolute atomic E-state index is 0.0217. The lowest BCUT2D eigenvalue weighted by Crippen LogP contribution is -2.41. The van der Waals surface area contributed by atoms with Crippen LogP contribution in [0.1, 0.15) is 36.3 Å². The third-order valence-electron chi connectivity index (χ3n) is 2.57. The molecule has 0 aliphatic rings. The molecule has 1 heterocycles. The molecule has 0 bridgehead atoms. The van der Waals surface area contributed by atoms with E-state index in [0.717, 1.165) is 5.56 Å². The number of carboxylic acids is 1. The molecule has 6 nitrogen and oxygen atoms in total. The van der Waals surface area contributed by atoms with Crippen LogP contribution in [0.15, 0.2) is 18.3 Å². The van der Waals surface area contributed by atoms with Crippen LogP contribution in [-0.4, -0.2) is 28.0 Å². The van der Waals surface area contributed by atoms with Gasteiger partial charge < -0.3 is 16.2 Å². The van der Waals surface area contributed by atoms with Gasteiger partial charge in [-0.3, -0.25) is 4.79 Å². The summed E-state index contributed by atoms with van der Waals surface area (Å²) in [7, 11) is 0. The van der Waals surface area contributed by atoms with Gasteiger partial charge in [-0.15, -0.1) is 0 Å². The smallest absolute Gasteiger partial charge is 0.354 e. The number of nitrogens with two attached hydrogens (primary N) is 1. The van der Waals surface area contributed by atoms with Crippen molar-refractivity contribution in [2.75, 3.05) is 0 Å². The highest BCUT2D eigenvalue weighted by Gasteiger charge is 2.14. The van der Waals surface area contributed by atoms with E-state index < -0.39 is 12.0 Å². The molecule has 0 aliphatic carbocycles. The Balaban J connectivity index is 2.48. The van der Waals surface area contributed by atoms with Gasteiger partial charge in [0.05, 0.1) is 6.04 Å². The van der Waals surface area contributed by atoms with E-state index in [1.165, 1.54) is 12.3 Å². The van der Waals surface area contributed by atoms with Gasteiger partial charge in [-0.05, 0) is 24.0 Å². The molecule has 0 saturated heterocycles. The van der Waals surface area contributed by atoms with Crippen molar-refractivity contribution >= 4 is 11.9 Å². The van der Waals surface area contributed by atoms with Gasteiger partial charge in [0.2, 0.25) is 5.91 Å². The first kappa shape index (κ1) is 15.1. The molecule has 0 saturated carbocycles. The van der Waals surface area contributed by atoms with Crippen molar-refractivity contribution in [2.45, 2.75) is 32.9 Å². The number of carbonyl (C=O) groups is 2. The van der Waals surface area contributed by atoms with E-state index in [4.69, 9.17) is 10.8 Å². The first-order valence-corrected chi connectivity index (χ1v) is 6.11. The van der Waals surface area contributed by atoms with Crippen LogP contribution < -0.4 is 11.1 Å². The standard InChI is InChI=1S/C13H19N3O3/c1-8(2)5-10(14)12(17)16-7-9-3-4-11(13(18)19)15-6-9/h3-4,6,8,10H,5,7,14H2,1-2H3,(H,16,17)(H,18,19)/t10-/m1/s1. The molecule has 4 N–H and O–H groups in total. The van der Waals surface area contributed by atoms with Crippen LogP contribution in [0.2, 0.25) is 0 Å². The molecule has 1 rings (SSSR count). The van der Waals surface area contributed by atoms with Gasteiger partial charge in [0.25, 0.3) is 0 Å². The van der Waals surface area contributed by atoms with Gasteiger partial charge in [0, 0.05) is 12.7 Å². The summed E-state index contributed by atoms with van der Waals surface area (Å²) >= 11 is 0. The number of amides is 1. The Labute approximate surface area is 112 Å². The zero-order valence-electron chi connectivity index (χ0n) is 11.1. The summed E-state index contributed by atoms with van der Waals surface area (Å²) in [5.41, 5.74) is 6.45. The maximum Gasteiger partial charge on any atom is 0.354 e. The van der Waals surface area contributed by atoms with Crippen molar-refractivity contribution in [3.8, 4) is 0 Å². The van der Waals surface area contributed by atoms with Crippen LogP contribution in [0.4, 0.5) is 0 Å². The average Bonchev–Trinajstić information content (AvgIpc) is 2.35.